The number of hydrogen-bond donors (Lipinski definition) is 3. The van der Waals surface area contributed by atoms with Gasteiger partial charge in [-0.05, 0) is 31.0 Å². The molecule has 1 rings (SSSR count). The molecule has 4 heteroatoms. The van der Waals surface area contributed by atoms with Crippen LogP contribution in [0.15, 0.2) is 29.2 Å². The lowest BCUT2D eigenvalue weighted by Gasteiger charge is -2.05. The minimum absolute atomic E-state index is 0.700. The van der Waals surface area contributed by atoms with E-state index < -0.39 is 0 Å². The number of benzene rings is 1. The van der Waals surface area contributed by atoms with E-state index in [0.29, 0.717) is 6.54 Å². The lowest BCUT2D eigenvalue weighted by molar-refractivity contribution is 0.684. The molecule has 0 saturated heterocycles. The zero-order valence-electron chi connectivity index (χ0n) is 16.5. The molecule has 0 aliphatic rings. The van der Waals surface area contributed by atoms with Crippen LogP contribution in [0.4, 0.5) is 0 Å². The predicted molar refractivity (Wildman–Crippen MR) is 110 cm³/mol. The van der Waals surface area contributed by atoms with Crippen LogP contribution in [0.2, 0.25) is 0 Å². The molecule has 0 unspecified atom stereocenters. The average molecular weight is 344 g/mol. The minimum atomic E-state index is 0.700. The van der Waals surface area contributed by atoms with E-state index in [9.17, 15) is 0 Å². The van der Waals surface area contributed by atoms with Crippen LogP contribution in [0, 0.1) is 6.92 Å². The smallest absolute Gasteiger partial charge is 0.0228 e. The lowest BCUT2D eigenvalue weighted by Crippen LogP contribution is -2.28. The van der Waals surface area contributed by atoms with Crippen molar-refractivity contribution in [3.05, 3.63) is 29.8 Å². The van der Waals surface area contributed by atoms with Crippen LogP contribution in [0.5, 0.6) is 0 Å². The normalized spacial score (nSPS) is 8.70. The van der Waals surface area contributed by atoms with Gasteiger partial charge < -0.3 is 11.1 Å². The van der Waals surface area contributed by atoms with Crippen molar-refractivity contribution in [1.82, 2.24) is 10.0 Å². The molecule has 0 amide bonds. The molecule has 0 aromatic heterocycles. The first-order valence-electron chi connectivity index (χ1n) is 9.03. The van der Waals surface area contributed by atoms with E-state index in [1.54, 1.807) is 11.9 Å². The van der Waals surface area contributed by atoms with Crippen LogP contribution in [0.3, 0.4) is 0 Å². The highest BCUT2D eigenvalue weighted by Gasteiger charge is 1.92. The molecule has 0 fully saturated rings. The fourth-order valence-electron chi connectivity index (χ4n) is 1.11. The zero-order chi connectivity index (χ0) is 18.3. The Morgan fingerprint density at radius 2 is 1.35 bits per heavy atom. The maximum atomic E-state index is 5.36. The van der Waals surface area contributed by atoms with Crippen molar-refractivity contribution < 1.29 is 0 Å². The third kappa shape index (κ3) is 26.6. The molecule has 23 heavy (non-hydrogen) atoms. The highest BCUT2D eigenvalue weighted by atomic mass is 32.2. The van der Waals surface area contributed by atoms with Crippen LogP contribution in [0.25, 0.3) is 0 Å². The molecule has 1 aromatic rings. The maximum absolute atomic E-state index is 5.36. The molecule has 0 aliphatic carbocycles. The highest BCUT2D eigenvalue weighted by molar-refractivity contribution is 7.97. The second-order valence-electron chi connectivity index (χ2n) is 4.76. The van der Waals surface area contributed by atoms with E-state index in [0.717, 1.165) is 19.6 Å². The molecule has 1 aromatic carbocycles. The summed E-state index contributed by atoms with van der Waals surface area (Å²) in [6, 6.07) is 8.49. The topological polar surface area (TPSA) is 50.1 Å². The Labute approximate surface area is 150 Å². The quantitative estimate of drug-likeness (QED) is 0.482. The maximum Gasteiger partial charge on any atom is 0.0228 e. The van der Waals surface area contributed by atoms with Gasteiger partial charge in [-0.1, -0.05) is 72.1 Å². The molecule has 0 bridgehead atoms. The average Bonchev–Trinajstić information content (AvgIpc) is 2.56. The molecule has 4 N–H and O–H groups in total. The molecule has 0 heterocycles. The molecular formula is C19H41N3S. The van der Waals surface area contributed by atoms with Crippen LogP contribution < -0.4 is 15.8 Å². The Hall–Kier alpha value is -0.550. The summed E-state index contributed by atoms with van der Waals surface area (Å²) < 4.78 is 3.29. The number of hydrogen-bond acceptors (Lipinski definition) is 4. The Kier molecular flexibility index (Phi) is 31.3. The third-order valence-corrected chi connectivity index (χ3v) is 2.79. The summed E-state index contributed by atoms with van der Waals surface area (Å²) in [5, 5.41) is 3.23. The summed E-state index contributed by atoms with van der Waals surface area (Å²) in [6.45, 7) is 18.1. The van der Waals surface area contributed by atoms with E-state index in [-0.39, 0.29) is 0 Å². The van der Waals surface area contributed by atoms with Crippen molar-refractivity contribution in [1.29, 1.82) is 0 Å². The number of nitrogens with two attached hydrogens (primary N) is 1. The summed E-state index contributed by atoms with van der Waals surface area (Å²) in [6.07, 6.45) is 2.50. The second-order valence-corrected chi connectivity index (χ2v) is 5.73. The lowest BCUT2D eigenvalue weighted by atomic mass is 10.2. The van der Waals surface area contributed by atoms with Gasteiger partial charge in [0.15, 0.2) is 0 Å². The number of aryl methyl sites for hydroxylation is 1. The molecule has 3 nitrogen and oxygen atoms in total. The fraction of sp³-hybridized carbons (Fsp3) is 0.684. The largest absolute Gasteiger partial charge is 0.329 e. The monoisotopic (exact) mass is 343 g/mol. The molecule has 138 valence electrons. The first kappa shape index (κ1) is 27.3. The van der Waals surface area contributed by atoms with Crippen LogP contribution in [-0.2, 0) is 0 Å². The van der Waals surface area contributed by atoms with E-state index >= 15 is 0 Å². The first-order chi connectivity index (χ1) is 11.2. The van der Waals surface area contributed by atoms with E-state index in [1.165, 1.54) is 23.3 Å². The van der Waals surface area contributed by atoms with Gasteiger partial charge in [-0.2, -0.15) is 0 Å². The molecule has 0 aliphatic heterocycles. The Bertz CT molecular complexity index is 287. The van der Waals surface area contributed by atoms with Crippen molar-refractivity contribution in [3.8, 4) is 0 Å². The van der Waals surface area contributed by atoms with E-state index in [4.69, 9.17) is 5.73 Å². The summed E-state index contributed by atoms with van der Waals surface area (Å²) in [4.78, 5) is 1.25. The molecular weight excluding hydrogens is 302 g/mol. The summed E-state index contributed by atoms with van der Waals surface area (Å²) in [7, 11) is 0. The predicted octanol–water partition coefficient (Wildman–Crippen LogP) is 5.00. The van der Waals surface area contributed by atoms with Crippen molar-refractivity contribution in [2.75, 3.05) is 26.2 Å². The van der Waals surface area contributed by atoms with E-state index in [1.807, 2.05) is 13.8 Å². The minimum Gasteiger partial charge on any atom is -0.329 e. The molecule has 0 atom stereocenters. The standard InChI is InChI=1S/C11H19N3S.2C3H8.C2H6/c1-10-2-4-11(5-3-10)15-14-9-8-13-7-6-12;2*1-3-2;1-2/h2-5,13-14H,6-9,12H2,1H3;2*3H2,1-2H3;1-2H3. The zero-order valence-corrected chi connectivity index (χ0v) is 17.4. The molecule has 0 radical (unpaired) electrons. The van der Waals surface area contributed by atoms with Crippen molar-refractivity contribution in [2.24, 2.45) is 5.73 Å². The van der Waals surface area contributed by atoms with Gasteiger partial charge in [0.25, 0.3) is 0 Å². The summed E-state index contributed by atoms with van der Waals surface area (Å²) in [5.74, 6) is 0. The van der Waals surface area contributed by atoms with Crippen LogP contribution >= 0.6 is 11.9 Å². The van der Waals surface area contributed by atoms with Gasteiger partial charge in [0.2, 0.25) is 0 Å². The second kappa shape index (κ2) is 26.4. The van der Waals surface area contributed by atoms with Gasteiger partial charge in [-0.3, -0.25) is 4.72 Å². The summed E-state index contributed by atoms with van der Waals surface area (Å²) >= 11 is 1.67. The van der Waals surface area contributed by atoms with Gasteiger partial charge >= 0.3 is 0 Å². The van der Waals surface area contributed by atoms with Crippen LogP contribution in [0.1, 0.15) is 59.9 Å². The molecule has 0 spiro atoms. The Balaban J connectivity index is -0.000000425. The van der Waals surface area contributed by atoms with Crippen molar-refractivity contribution in [2.45, 2.75) is 66.2 Å². The Morgan fingerprint density at radius 3 is 1.78 bits per heavy atom. The fourth-order valence-corrected chi connectivity index (χ4v) is 1.75. The molecule has 0 saturated carbocycles. The Morgan fingerprint density at radius 1 is 0.870 bits per heavy atom. The van der Waals surface area contributed by atoms with Crippen LogP contribution in [-0.4, -0.2) is 26.2 Å². The van der Waals surface area contributed by atoms with Crippen molar-refractivity contribution in [3.63, 3.8) is 0 Å². The van der Waals surface area contributed by atoms with Crippen molar-refractivity contribution >= 4 is 11.9 Å². The third-order valence-electron chi connectivity index (χ3n) is 1.94. The van der Waals surface area contributed by atoms with Gasteiger partial charge in [-0.25, -0.2) is 0 Å². The number of nitrogens with one attached hydrogen (secondary N) is 2. The highest BCUT2D eigenvalue weighted by Crippen LogP contribution is 2.14. The van der Waals surface area contributed by atoms with E-state index in [2.05, 4.69) is 68.9 Å². The summed E-state index contributed by atoms with van der Waals surface area (Å²) in [5.41, 5.74) is 6.66. The van der Waals surface area contributed by atoms with Gasteiger partial charge in [0.05, 0.1) is 0 Å². The van der Waals surface area contributed by atoms with Gasteiger partial charge in [0, 0.05) is 31.1 Å². The van der Waals surface area contributed by atoms with Gasteiger partial charge in [-0.15, -0.1) is 0 Å². The first-order valence-corrected chi connectivity index (χ1v) is 9.84. The SMILES string of the molecule is CC.CCC.CCC.Cc1ccc(SNCCNCCN)cc1. The number of rotatable bonds is 7. The van der Waals surface area contributed by atoms with Gasteiger partial charge in [0.1, 0.15) is 0 Å².